The van der Waals surface area contributed by atoms with Crippen molar-refractivity contribution in [2.75, 3.05) is 19.8 Å². The first-order valence-electron chi connectivity index (χ1n) is 17.8. The number of ether oxygens (including phenoxy) is 1. The third-order valence-electron chi connectivity index (χ3n) is 11.5. The quantitative estimate of drug-likeness (QED) is 0.224. The monoisotopic (exact) mass is 722 g/mol. The second-order valence-corrected chi connectivity index (χ2v) is 15.0. The van der Waals surface area contributed by atoms with Gasteiger partial charge < -0.3 is 19.2 Å². The van der Waals surface area contributed by atoms with Gasteiger partial charge in [-0.1, -0.05) is 29.7 Å². The molecule has 0 spiro atoms. The summed E-state index contributed by atoms with van der Waals surface area (Å²) >= 11 is 6.55. The van der Waals surface area contributed by atoms with E-state index in [1.807, 2.05) is 43.9 Å². The molecule has 1 aliphatic carbocycles. The highest BCUT2D eigenvalue weighted by Crippen LogP contribution is 2.56. The van der Waals surface area contributed by atoms with Crippen LogP contribution in [0.4, 0.5) is 0 Å². The number of H-pyrrole nitrogens is 2. The number of nitrogens with one attached hydrogen (secondary N) is 2. The van der Waals surface area contributed by atoms with Crippen LogP contribution in [0.1, 0.15) is 89.3 Å². The van der Waals surface area contributed by atoms with E-state index in [0.717, 1.165) is 65.0 Å². The number of aromatic amines is 2. The van der Waals surface area contributed by atoms with Crippen LogP contribution in [-0.2, 0) is 16.7 Å². The summed E-state index contributed by atoms with van der Waals surface area (Å²) in [5.41, 5.74) is 5.71. The Labute approximate surface area is 303 Å². The summed E-state index contributed by atoms with van der Waals surface area (Å²) in [6.07, 6.45) is 6.34. The van der Waals surface area contributed by atoms with Crippen LogP contribution in [0.15, 0.2) is 62.9 Å². The van der Waals surface area contributed by atoms with Gasteiger partial charge in [-0.15, -0.1) is 0 Å². The summed E-state index contributed by atoms with van der Waals surface area (Å²) in [4.78, 5) is 48.0. The molecule has 1 amide bonds. The fraction of sp³-hybridized carbons (Fsp3) is 0.395. The minimum absolute atomic E-state index is 0.0764. The van der Waals surface area contributed by atoms with E-state index in [1.165, 1.54) is 5.56 Å². The molecule has 2 aliphatic heterocycles. The molecule has 14 heteroatoms. The average Bonchev–Trinajstić information content (AvgIpc) is 3.66. The predicted molar refractivity (Wildman–Crippen MR) is 194 cm³/mol. The van der Waals surface area contributed by atoms with E-state index in [9.17, 15) is 9.59 Å². The van der Waals surface area contributed by atoms with Gasteiger partial charge in [-0.05, 0) is 98.9 Å². The molecule has 0 bridgehead atoms. The molecule has 1 saturated heterocycles. The lowest BCUT2D eigenvalue weighted by Crippen LogP contribution is -2.41. The Balaban J connectivity index is 1.19. The van der Waals surface area contributed by atoms with Crippen molar-refractivity contribution in [2.45, 2.75) is 70.9 Å². The van der Waals surface area contributed by atoms with E-state index in [0.29, 0.717) is 47.7 Å². The second-order valence-electron chi connectivity index (χ2n) is 14.6. The zero-order valence-electron chi connectivity index (χ0n) is 29.4. The standard InChI is InChI=1S/C38H39ClN8O5/c1-20-15-27(16-21(2)32(20)39)47-33(45-12-10-40-36(45)49)31-23(4)44(11-7-28(31)42-47)34(48)30-18-26-17-25(24-8-13-51-14-9-24)5-6-29(26)46(30)38(19-22(38)3)35-41-37(50)52-43-35/h5-6,10,12,15-18,22-24H,7-9,11,13-14,19H2,1-4H3,(H,40,49)(H,41,43,50)/t22-,23-,38-/m0/s1. The molecule has 6 aromatic rings. The molecule has 9 rings (SSSR count). The first-order valence-corrected chi connectivity index (χ1v) is 18.2. The van der Waals surface area contributed by atoms with Gasteiger partial charge in [-0.2, -0.15) is 5.10 Å². The number of aromatic nitrogens is 7. The summed E-state index contributed by atoms with van der Waals surface area (Å²) < 4.78 is 16.0. The molecule has 1 saturated carbocycles. The van der Waals surface area contributed by atoms with Gasteiger partial charge in [0.1, 0.15) is 17.1 Å². The van der Waals surface area contributed by atoms with E-state index in [2.05, 4.69) is 44.8 Å². The van der Waals surface area contributed by atoms with Gasteiger partial charge in [0.2, 0.25) is 0 Å². The Morgan fingerprint density at radius 2 is 1.81 bits per heavy atom. The fourth-order valence-corrected chi connectivity index (χ4v) is 8.81. The van der Waals surface area contributed by atoms with Crippen LogP contribution in [0.3, 0.4) is 0 Å². The molecule has 4 aromatic heterocycles. The van der Waals surface area contributed by atoms with Crippen LogP contribution in [0, 0.1) is 19.8 Å². The molecule has 0 unspecified atom stereocenters. The van der Waals surface area contributed by atoms with Crippen LogP contribution in [0.2, 0.25) is 5.02 Å². The number of benzene rings is 2. The number of aryl methyl sites for hydroxylation is 2. The van der Waals surface area contributed by atoms with Gasteiger partial charge >= 0.3 is 11.4 Å². The number of hydrogen-bond donors (Lipinski definition) is 2. The van der Waals surface area contributed by atoms with Crippen molar-refractivity contribution >= 4 is 28.4 Å². The normalized spacial score (nSPS) is 21.9. The number of amides is 1. The van der Waals surface area contributed by atoms with Crippen molar-refractivity contribution in [1.29, 1.82) is 0 Å². The van der Waals surface area contributed by atoms with Crippen LogP contribution in [0.5, 0.6) is 0 Å². The van der Waals surface area contributed by atoms with Gasteiger partial charge in [-0.25, -0.2) is 14.3 Å². The number of carbonyl (C=O) groups excluding carboxylic acids is 1. The third kappa shape index (κ3) is 4.89. The van der Waals surface area contributed by atoms with Gasteiger partial charge in [0.15, 0.2) is 5.82 Å². The largest absolute Gasteiger partial charge is 0.438 e. The average molecular weight is 723 g/mol. The SMILES string of the molecule is Cc1cc(-n2nc3c(c2-n2cc[nH]c2=O)[C@H](C)N(C(=O)c2cc4cc(C5CCOCC5)ccc4n2[C@@]2(c4noc(=O)[nH]4)C[C@@H]2C)CC3)cc(C)c1Cl. The molecule has 3 atom stereocenters. The molecule has 268 valence electrons. The maximum absolute atomic E-state index is 15.1. The van der Waals surface area contributed by atoms with Crippen LogP contribution in [-0.4, -0.2) is 64.6 Å². The molecule has 2 N–H and O–H groups in total. The number of hydrogen-bond acceptors (Lipinski definition) is 7. The number of rotatable bonds is 6. The van der Waals surface area contributed by atoms with E-state index >= 15 is 4.79 Å². The van der Waals surface area contributed by atoms with E-state index in [1.54, 1.807) is 21.6 Å². The Morgan fingerprint density at radius 1 is 1.06 bits per heavy atom. The highest BCUT2D eigenvalue weighted by molar-refractivity contribution is 6.32. The molecule has 13 nitrogen and oxygen atoms in total. The van der Waals surface area contributed by atoms with Gasteiger partial charge in [0, 0.05) is 60.1 Å². The topological polar surface area (TPSA) is 149 Å². The summed E-state index contributed by atoms with van der Waals surface area (Å²) in [6.45, 7) is 9.85. The minimum Gasteiger partial charge on any atom is -0.381 e. The van der Waals surface area contributed by atoms with Gasteiger partial charge in [0.25, 0.3) is 5.91 Å². The zero-order chi connectivity index (χ0) is 36.1. The first-order chi connectivity index (χ1) is 25.1. The Morgan fingerprint density at radius 3 is 2.46 bits per heavy atom. The maximum atomic E-state index is 15.1. The highest BCUT2D eigenvalue weighted by Gasteiger charge is 2.59. The van der Waals surface area contributed by atoms with Crippen molar-refractivity contribution in [2.24, 2.45) is 5.92 Å². The smallest absolute Gasteiger partial charge is 0.381 e. The first kappa shape index (κ1) is 32.7. The van der Waals surface area contributed by atoms with Gasteiger partial charge in [0.05, 0.1) is 17.4 Å². The molecule has 6 heterocycles. The molecule has 2 aromatic carbocycles. The summed E-state index contributed by atoms with van der Waals surface area (Å²) in [6, 6.07) is 11.9. The third-order valence-corrected chi connectivity index (χ3v) is 12.1. The van der Waals surface area contributed by atoms with E-state index in [-0.39, 0.29) is 17.5 Å². The molecular weight excluding hydrogens is 684 g/mol. The number of fused-ring (bicyclic) bond motifs is 2. The zero-order valence-corrected chi connectivity index (χ0v) is 30.2. The van der Waals surface area contributed by atoms with E-state index in [4.69, 9.17) is 26.0 Å². The second kappa shape index (κ2) is 12.0. The van der Waals surface area contributed by atoms with Crippen molar-refractivity contribution in [1.82, 2.24) is 38.9 Å². The Hall–Kier alpha value is -5.14. The lowest BCUT2D eigenvalue weighted by molar-refractivity contribution is 0.0663. The summed E-state index contributed by atoms with van der Waals surface area (Å²) in [5.74, 6) is 0.635. The number of halogens is 1. The summed E-state index contributed by atoms with van der Waals surface area (Å²) in [5, 5.41) is 10.8. The molecule has 2 fully saturated rings. The Kier molecular flexibility index (Phi) is 7.53. The minimum atomic E-state index is -0.762. The maximum Gasteiger partial charge on any atom is 0.438 e. The number of carbonyl (C=O) groups is 1. The summed E-state index contributed by atoms with van der Waals surface area (Å²) in [7, 11) is 0. The van der Waals surface area contributed by atoms with Crippen molar-refractivity contribution < 1.29 is 14.1 Å². The van der Waals surface area contributed by atoms with Gasteiger partial charge in [-0.3, -0.25) is 18.9 Å². The predicted octanol–water partition coefficient (Wildman–Crippen LogP) is 5.69. The Bertz CT molecular complexity index is 2490. The van der Waals surface area contributed by atoms with Crippen LogP contribution >= 0.6 is 11.6 Å². The number of nitrogens with zero attached hydrogens (tertiary/aromatic N) is 6. The molecule has 3 aliphatic rings. The van der Waals surface area contributed by atoms with Crippen molar-refractivity contribution in [3.05, 3.63) is 114 Å². The highest BCUT2D eigenvalue weighted by atomic mass is 35.5. The molecule has 52 heavy (non-hydrogen) atoms. The van der Waals surface area contributed by atoms with Crippen LogP contribution in [0.25, 0.3) is 22.4 Å². The number of imidazole rings is 1. The molecule has 0 radical (unpaired) electrons. The van der Waals surface area contributed by atoms with E-state index < -0.39 is 17.3 Å². The lowest BCUT2D eigenvalue weighted by Gasteiger charge is -2.34. The van der Waals surface area contributed by atoms with Crippen LogP contribution < -0.4 is 11.4 Å². The van der Waals surface area contributed by atoms with Crippen molar-refractivity contribution in [3.63, 3.8) is 0 Å². The van der Waals surface area contributed by atoms with Crippen molar-refractivity contribution in [3.8, 4) is 11.5 Å². The lowest BCUT2D eigenvalue weighted by atomic mass is 9.91. The molecular formula is C38H39ClN8O5. The fourth-order valence-electron chi connectivity index (χ4n) is 8.70.